The number of hydrogen-bond acceptors (Lipinski definition) is 9. The highest BCUT2D eigenvalue weighted by Crippen LogP contribution is 2.28. The number of carbonyl (C=O) groups excluding carboxylic acids is 4. The van der Waals surface area contributed by atoms with Gasteiger partial charge in [0.25, 0.3) is 5.72 Å². The van der Waals surface area contributed by atoms with Crippen molar-refractivity contribution in [3.8, 4) is 0 Å². The summed E-state index contributed by atoms with van der Waals surface area (Å²) in [7, 11) is 0. The monoisotopic (exact) mass is 506 g/mol. The molecule has 1 unspecified atom stereocenters. The van der Waals surface area contributed by atoms with E-state index in [9.17, 15) is 29.1 Å². The van der Waals surface area contributed by atoms with Crippen LogP contribution in [0.1, 0.15) is 53.5 Å². The van der Waals surface area contributed by atoms with Gasteiger partial charge >= 0.3 is 23.9 Å². The third-order valence-corrected chi connectivity index (χ3v) is 4.96. The van der Waals surface area contributed by atoms with Crippen LogP contribution in [0.4, 0.5) is 0 Å². The van der Waals surface area contributed by atoms with Crippen LogP contribution >= 0.6 is 0 Å². The Bertz CT molecular complexity index is 995. The summed E-state index contributed by atoms with van der Waals surface area (Å²) >= 11 is 0. The number of rotatable bonds is 7. The molecule has 2 atom stereocenters. The lowest BCUT2D eigenvalue weighted by Crippen LogP contribution is -2.68. The van der Waals surface area contributed by atoms with Gasteiger partial charge in [-0.15, -0.1) is 0 Å². The molecule has 1 aliphatic rings. The number of nitrogens with one attached hydrogen (secondary N) is 1. The number of ether oxygens (including phenoxy) is 3. The second-order valence-electron chi connectivity index (χ2n) is 10.4. The summed E-state index contributed by atoms with van der Waals surface area (Å²) in [6.45, 7) is 9.59. The standard InChI is InChI=1S/C25H34N2O9/c1-23(2,3)34-18(28)14-17-19(29)27(13-12-26-17)25(22(32)33,15-16-10-8-7-9-11-16)36-21(31)20(30)35-24(4,5)6/h7-11,17,26H,12-15H2,1-6H3,(H,32,33)/t17?,25-/m0/s1. The smallest absolute Gasteiger partial charge is 0.420 e. The summed E-state index contributed by atoms with van der Waals surface area (Å²) < 4.78 is 15.6. The van der Waals surface area contributed by atoms with Crippen LogP contribution in [0.3, 0.4) is 0 Å². The van der Waals surface area contributed by atoms with Crippen LogP contribution in [0, 0.1) is 0 Å². The number of carboxylic acid groups (broad SMARTS) is 1. The number of aliphatic carboxylic acids is 1. The van der Waals surface area contributed by atoms with Gasteiger partial charge in [-0.2, -0.15) is 0 Å². The molecule has 0 saturated carbocycles. The van der Waals surface area contributed by atoms with Crippen LogP contribution in [0.5, 0.6) is 0 Å². The van der Waals surface area contributed by atoms with Gasteiger partial charge in [0.1, 0.15) is 11.2 Å². The fourth-order valence-electron chi connectivity index (χ4n) is 3.61. The van der Waals surface area contributed by atoms with Crippen molar-refractivity contribution >= 4 is 29.8 Å². The molecule has 36 heavy (non-hydrogen) atoms. The van der Waals surface area contributed by atoms with Crippen LogP contribution in [-0.2, 0) is 44.6 Å². The first-order valence-corrected chi connectivity index (χ1v) is 11.5. The van der Waals surface area contributed by atoms with Gasteiger partial charge in [0.15, 0.2) is 0 Å². The van der Waals surface area contributed by atoms with Gasteiger partial charge in [-0.1, -0.05) is 30.3 Å². The number of carbonyl (C=O) groups is 5. The molecule has 2 N–H and O–H groups in total. The van der Waals surface area contributed by atoms with Gasteiger partial charge in [-0.3, -0.25) is 14.5 Å². The molecular weight excluding hydrogens is 472 g/mol. The number of amides is 1. The highest BCUT2D eigenvalue weighted by atomic mass is 16.6. The van der Waals surface area contributed by atoms with Gasteiger partial charge in [0.05, 0.1) is 12.5 Å². The fourth-order valence-corrected chi connectivity index (χ4v) is 3.61. The molecule has 0 aliphatic carbocycles. The normalized spacial score (nSPS) is 18.1. The second kappa shape index (κ2) is 11.1. The van der Waals surface area contributed by atoms with E-state index in [0.717, 1.165) is 4.90 Å². The molecule has 11 nitrogen and oxygen atoms in total. The van der Waals surface area contributed by atoms with Crippen LogP contribution in [0.25, 0.3) is 0 Å². The molecule has 1 saturated heterocycles. The summed E-state index contributed by atoms with van der Waals surface area (Å²) in [6, 6.07) is 7.10. The predicted molar refractivity (Wildman–Crippen MR) is 126 cm³/mol. The van der Waals surface area contributed by atoms with Gasteiger partial charge < -0.3 is 24.6 Å². The molecule has 2 rings (SSSR count). The molecule has 0 spiro atoms. The van der Waals surface area contributed by atoms with Crippen LogP contribution in [0.15, 0.2) is 30.3 Å². The first-order valence-electron chi connectivity index (χ1n) is 11.5. The van der Waals surface area contributed by atoms with Crippen LogP contribution < -0.4 is 5.32 Å². The summed E-state index contributed by atoms with van der Waals surface area (Å²) in [4.78, 5) is 64.4. The van der Waals surface area contributed by atoms with Crippen molar-refractivity contribution in [3.63, 3.8) is 0 Å². The van der Waals surface area contributed by atoms with E-state index in [-0.39, 0.29) is 19.5 Å². The van der Waals surface area contributed by atoms with Crippen molar-refractivity contribution < 1.29 is 43.3 Å². The molecule has 0 aromatic heterocycles. The number of benzene rings is 1. The van der Waals surface area contributed by atoms with E-state index < -0.39 is 59.2 Å². The molecule has 1 amide bonds. The number of piperazine rings is 1. The zero-order chi connectivity index (χ0) is 27.3. The molecule has 1 fully saturated rings. The van der Waals surface area contributed by atoms with E-state index in [4.69, 9.17) is 14.2 Å². The van der Waals surface area contributed by atoms with E-state index >= 15 is 0 Å². The van der Waals surface area contributed by atoms with Crippen molar-refractivity contribution in [1.82, 2.24) is 10.2 Å². The lowest BCUT2D eigenvalue weighted by atomic mass is 9.97. The van der Waals surface area contributed by atoms with Crippen molar-refractivity contribution in [3.05, 3.63) is 35.9 Å². The molecule has 1 aromatic carbocycles. The number of carboxylic acids is 1. The van der Waals surface area contributed by atoms with Gasteiger partial charge in [-0.25, -0.2) is 14.4 Å². The van der Waals surface area contributed by atoms with Crippen molar-refractivity contribution in [1.29, 1.82) is 0 Å². The van der Waals surface area contributed by atoms with Gasteiger partial charge in [0.2, 0.25) is 5.91 Å². The summed E-state index contributed by atoms with van der Waals surface area (Å²) in [5.74, 6) is -6.06. The van der Waals surface area contributed by atoms with E-state index in [1.54, 1.807) is 51.1 Å². The topological polar surface area (TPSA) is 149 Å². The highest BCUT2D eigenvalue weighted by Gasteiger charge is 2.54. The minimum absolute atomic E-state index is 0.104. The molecule has 0 bridgehead atoms. The zero-order valence-electron chi connectivity index (χ0n) is 21.5. The summed E-state index contributed by atoms with van der Waals surface area (Å²) in [6.07, 6.45) is -0.809. The third-order valence-electron chi connectivity index (χ3n) is 4.96. The quantitative estimate of drug-likeness (QED) is 0.316. The van der Waals surface area contributed by atoms with Gasteiger partial charge in [0, 0.05) is 19.5 Å². The molecule has 198 valence electrons. The average molecular weight is 507 g/mol. The molecule has 0 radical (unpaired) electrons. The third kappa shape index (κ3) is 7.77. The Kier molecular flexibility index (Phi) is 8.84. The van der Waals surface area contributed by atoms with E-state index in [0.29, 0.717) is 5.56 Å². The number of hydrogen-bond donors (Lipinski definition) is 2. The maximum absolute atomic E-state index is 13.4. The Morgan fingerprint density at radius 2 is 1.50 bits per heavy atom. The first kappa shape index (κ1) is 28.8. The van der Waals surface area contributed by atoms with Crippen molar-refractivity contribution in [2.24, 2.45) is 0 Å². The minimum Gasteiger partial charge on any atom is -0.477 e. The summed E-state index contributed by atoms with van der Waals surface area (Å²) in [5.41, 5.74) is -3.95. The molecular formula is C25H34N2O9. The predicted octanol–water partition coefficient (Wildman–Crippen LogP) is 1.43. The Hall–Kier alpha value is -3.47. The minimum atomic E-state index is -2.57. The lowest BCUT2D eigenvalue weighted by molar-refractivity contribution is -0.213. The van der Waals surface area contributed by atoms with E-state index in [1.165, 1.54) is 20.8 Å². The number of esters is 3. The van der Waals surface area contributed by atoms with Crippen molar-refractivity contribution in [2.45, 2.75) is 77.4 Å². The molecule has 1 aliphatic heterocycles. The first-order chi connectivity index (χ1) is 16.5. The average Bonchev–Trinajstić information content (AvgIpc) is 2.72. The van der Waals surface area contributed by atoms with Crippen LogP contribution in [0.2, 0.25) is 0 Å². The SMILES string of the molecule is CC(C)(C)OC(=O)CC1NCCN([C@@](Cc2ccccc2)(OC(=O)C(=O)OC(C)(C)C)C(=O)O)C1=O. The van der Waals surface area contributed by atoms with E-state index in [2.05, 4.69) is 5.32 Å². The molecule has 11 heteroatoms. The Labute approximate surface area is 210 Å². The second-order valence-corrected chi connectivity index (χ2v) is 10.4. The van der Waals surface area contributed by atoms with E-state index in [1.807, 2.05) is 0 Å². The summed E-state index contributed by atoms with van der Waals surface area (Å²) in [5, 5.41) is 13.2. The fraction of sp³-hybridized carbons (Fsp3) is 0.560. The largest absolute Gasteiger partial charge is 0.477 e. The highest BCUT2D eigenvalue weighted by molar-refractivity contribution is 6.30. The maximum Gasteiger partial charge on any atom is 0.420 e. The molecule has 1 heterocycles. The van der Waals surface area contributed by atoms with Crippen molar-refractivity contribution in [2.75, 3.05) is 13.1 Å². The van der Waals surface area contributed by atoms with Gasteiger partial charge in [-0.05, 0) is 47.1 Å². The number of nitrogens with zero attached hydrogens (tertiary/aromatic N) is 1. The Balaban J connectivity index is 2.43. The molecule has 1 aromatic rings. The Morgan fingerprint density at radius 1 is 0.944 bits per heavy atom. The zero-order valence-corrected chi connectivity index (χ0v) is 21.5. The maximum atomic E-state index is 13.4. The Morgan fingerprint density at radius 3 is 2.03 bits per heavy atom. The lowest BCUT2D eigenvalue weighted by Gasteiger charge is -2.43. The van der Waals surface area contributed by atoms with Crippen LogP contribution in [-0.4, -0.2) is 75.8 Å².